The van der Waals surface area contributed by atoms with Crippen molar-refractivity contribution >= 4 is 21.4 Å². The maximum Gasteiger partial charge on any atom is 0.247 e. The summed E-state index contributed by atoms with van der Waals surface area (Å²) in [5.41, 5.74) is 2.85. The first kappa shape index (κ1) is 13.0. The van der Waals surface area contributed by atoms with Crippen molar-refractivity contribution in [2.45, 2.75) is 4.21 Å². The number of aromatic nitrogens is 2. The number of sulfonamides is 1. The zero-order chi connectivity index (χ0) is 14.2. The number of rotatable bonds is 3. The molecule has 0 bridgehead atoms. The van der Waals surface area contributed by atoms with Crippen LogP contribution < -0.4 is 5.14 Å². The highest BCUT2D eigenvalue weighted by molar-refractivity contribution is 7.91. The smallest absolute Gasteiger partial charge is 0.247 e. The lowest BCUT2D eigenvalue weighted by molar-refractivity contribution is 0.600. The van der Waals surface area contributed by atoms with E-state index in [1.807, 2.05) is 30.3 Å². The number of nitrogens with one attached hydrogen (secondary N) is 1. The van der Waals surface area contributed by atoms with Crippen molar-refractivity contribution in [3.05, 3.63) is 48.7 Å². The van der Waals surface area contributed by atoms with Crippen LogP contribution in [0.4, 0.5) is 0 Å². The van der Waals surface area contributed by atoms with Crippen molar-refractivity contribution in [2.75, 3.05) is 0 Å². The van der Waals surface area contributed by atoms with Gasteiger partial charge in [0.2, 0.25) is 10.0 Å². The Labute approximate surface area is 120 Å². The van der Waals surface area contributed by atoms with Crippen LogP contribution in [0.3, 0.4) is 0 Å². The highest BCUT2D eigenvalue weighted by Gasteiger charge is 2.12. The molecule has 7 heteroatoms. The molecule has 102 valence electrons. The van der Waals surface area contributed by atoms with Crippen molar-refractivity contribution in [2.24, 2.45) is 5.14 Å². The molecule has 0 saturated heterocycles. The number of nitrogens with two attached hydrogens (primary N) is 1. The molecule has 20 heavy (non-hydrogen) atoms. The van der Waals surface area contributed by atoms with Crippen LogP contribution in [0.5, 0.6) is 0 Å². The predicted molar refractivity (Wildman–Crippen MR) is 78.7 cm³/mol. The molecule has 1 aromatic carbocycles. The maximum atomic E-state index is 11.3. The third-order valence-electron chi connectivity index (χ3n) is 2.82. The van der Waals surface area contributed by atoms with Crippen molar-refractivity contribution < 1.29 is 8.42 Å². The number of benzene rings is 1. The van der Waals surface area contributed by atoms with E-state index in [4.69, 9.17) is 5.14 Å². The quantitative estimate of drug-likeness (QED) is 0.779. The zero-order valence-corrected chi connectivity index (χ0v) is 11.9. The van der Waals surface area contributed by atoms with E-state index in [0.29, 0.717) is 0 Å². The molecular formula is C13H11N3O2S2. The van der Waals surface area contributed by atoms with Crippen LogP contribution in [-0.4, -0.2) is 18.6 Å². The minimum atomic E-state index is -3.64. The molecule has 0 atom stereocenters. The number of nitrogens with zero attached hydrogens (tertiary/aromatic N) is 1. The van der Waals surface area contributed by atoms with Gasteiger partial charge in [0.05, 0.1) is 5.69 Å². The minimum Gasteiger partial charge on any atom is -0.278 e. The number of hydrogen-bond donors (Lipinski definition) is 2. The van der Waals surface area contributed by atoms with Gasteiger partial charge in [0.25, 0.3) is 0 Å². The SMILES string of the molecule is NS(=O)(=O)c1ccc(-c2cccc(-c3ccn[nH]3)c2)s1. The molecule has 3 rings (SSSR count). The second-order valence-corrected chi connectivity index (χ2v) is 7.09. The lowest BCUT2D eigenvalue weighted by Gasteiger charge is -2.01. The Balaban J connectivity index is 2.03. The van der Waals surface area contributed by atoms with E-state index in [9.17, 15) is 8.42 Å². The summed E-state index contributed by atoms with van der Waals surface area (Å²) in [4.78, 5) is 0.857. The Kier molecular flexibility index (Phi) is 3.17. The fourth-order valence-corrected chi connectivity index (χ4v) is 3.61. The second kappa shape index (κ2) is 4.86. The third kappa shape index (κ3) is 2.51. The van der Waals surface area contributed by atoms with E-state index < -0.39 is 10.0 Å². The summed E-state index contributed by atoms with van der Waals surface area (Å²) in [7, 11) is -3.64. The van der Waals surface area contributed by atoms with Gasteiger partial charge in [0.1, 0.15) is 4.21 Å². The molecule has 0 amide bonds. The van der Waals surface area contributed by atoms with Gasteiger partial charge < -0.3 is 0 Å². The summed E-state index contributed by atoms with van der Waals surface area (Å²) < 4.78 is 22.8. The van der Waals surface area contributed by atoms with Gasteiger partial charge in [-0.05, 0) is 29.8 Å². The fraction of sp³-hybridized carbons (Fsp3) is 0. The molecule has 3 N–H and O–H groups in total. The predicted octanol–water partition coefficient (Wildman–Crippen LogP) is 2.45. The Hall–Kier alpha value is -1.96. The van der Waals surface area contributed by atoms with Gasteiger partial charge in [0, 0.05) is 16.6 Å². The van der Waals surface area contributed by atoms with Crippen molar-refractivity contribution in [1.29, 1.82) is 0 Å². The van der Waals surface area contributed by atoms with Crippen molar-refractivity contribution in [3.63, 3.8) is 0 Å². The molecule has 0 spiro atoms. The number of primary sulfonamides is 1. The number of hydrogen-bond acceptors (Lipinski definition) is 4. The van der Waals surface area contributed by atoms with Gasteiger partial charge >= 0.3 is 0 Å². The Morgan fingerprint density at radius 2 is 1.90 bits per heavy atom. The van der Waals surface area contributed by atoms with Crippen LogP contribution in [0.1, 0.15) is 0 Å². The van der Waals surface area contributed by atoms with Gasteiger partial charge in [-0.3, -0.25) is 5.10 Å². The molecule has 3 aromatic rings. The lowest BCUT2D eigenvalue weighted by atomic mass is 10.1. The second-order valence-electron chi connectivity index (χ2n) is 4.21. The van der Waals surface area contributed by atoms with Gasteiger partial charge in [0.15, 0.2) is 0 Å². The number of thiophene rings is 1. The number of H-pyrrole nitrogens is 1. The molecule has 0 saturated carbocycles. The molecule has 0 fully saturated rings. The van der Waals surface area contributed by atoms with Crippen molar-refractivity contribution in [3.8, 4) is 21.7 Å². The van der Waals surface area contributed by atoms with E-state index in [1.54, 1.807) is 12.3 Å². The summed E-state index contributed by atoms with van der Waals surface area (Å²) in [6.07, 6.45) is 1.69. The van der Waals surface area contributed by atoms with Crippen LogP contribution in [0.15, 0.2) is 52.9 Å². The first-order valence-electron chi connectivity index (χ1n) is 5.77. The standard InChI is InChI=1S/C13H11N3O2S2/c14-20(17,18)13-5-4-12(19-13)10-3-1-2-9(8-10)11-6-7-15-16-11/h1-8H,(H,15,16)(H2,14,17,18). The lowest BCUT2D eigenvalue weighted by Crippen LogP contribution is -2.09. The first-order valence-corrected chi connectivity index (χ1v) is 8.13. The maximum absolute atomic E-state index is 11.3. The van der Waals surface area contributed by atoms with Crippen LogP contribution >= 0.6 is 11.3 Å². The molecule has 0 radical (unpaired) electrons. The molecule has 2 heterocycles. The molecule has 0 aliphatic carbocycles. The third-order valence-corrected chi connectivity index (χ3v) is 5.39. The average molecular weight is 305 g/mol. The van der Waals surface area contributed by atoms with Gasteiger partial charge in [-0.2, -0.15) is 5.10 Å². The summed E-state index contributed by atoms with van der Waals surface area (Å²) >= 11 is 1.16. The summed E-state index contributed by atoms with van der Waals surface area (Å²) in [6, 6.07) is 13.0. The largest absolute Gasteiger partial charge is 0.278 e. The molecule has 0 unspecified atom stereocenters. The van der Waals surface area contributed by atoms with Crippen LogP contribution in [0.25, 0.3) is 21.7 Å². The van der Waals surface area contributed by atoms with E-state index >= 15 is 0 Å². The molecule has 5 nitrogen and oxygen atoms in total. The normalized spacial score (nSPS) is 11.7. The summed E-state index contributed by atoms with van der Waals surface area (Å²) in [6.45, 7) is 0. The Bertz CT molecular complexity index is 836. The molecule has 0 aliphatic rings. The van der Waals surface area contributed by atoms with Crippen LogP contribution in [0, 0.1) is 0 Å². The van der Waals surface area contributed by atoms with Gasteiger partial charge in [-0.25, -0.2) is 13.6 Å². The highest BCUT2D eigenvalue weighted by atomic mass is 32.2. The fourth-order valence-electron chi connectivity index (χ4n) is 1.88. The van der Waals surface area contributed by atoms with Gasteiger partial charge in [-0.15, -0.1) is 11.3 Å². The first-order chi connectivity index (χ1) is 9.54. The van der Waals surface area contributed by atoms with Crippen LogP contribution in [0.2, 0.25) is 0 Å². The Morgan fingerprint density at radius 1 is 1.10 bits per heavy atom. The van der Waals surface area contributed by atoms with E-state index in [0.717, 1.165) is 33.0 Å². The minimum absolute atomic E-state index is 0.166. The molecule has 2 aromatic heterocycles. The summed E-state index contributed by atoms with van der Waals surface area (Å²) in [5, 5.41) is 11.9. The average Bonchev–Trinajstić information content (AvgIpc) is 3.10. The summed E-state index contributed by atoms with van der Waals surface area (Å²) in [5.74, 6) is 0. The van der Waals surface area contributed by atoms with Crippen molar-refractivity contribution in [1.82, 2.24) is 10.2 Å². The zero-order valence-electron chi connectivity index (χ0n) is 10.3. The highest BCUT2D eigenvalue weighted by Crippen LogP contribution is 2.32. The van der Waals surface area contributed by atoms with E-state index in [2.05, 4.69) is 10.2 Å². The number of aromatic amines is 1. The van der Waals surface area contributed by atoms with E-state index in [1.165, 1.54) is 6.07 Å². The van der Waals surface area contributed by atoms with E-state index in [-0.39, 0.29) is 4.21 Å². The molecule has 0 aliphatic heterocycles. The Morgan fingerprint density at radius 3 is 2.55 bits per heavy atom. The van der Waals surface area contributed by atoms with Gasteiger partial charge in [-0.1, -0.05) is 18.2 Å². The topological polar surface area (TPSA) is 88.8 Å². The monoisotopic (exact) mass is 305 g/mol. The van der Waals surface area contributed by atoms with Crippen LogP contribution in [-0.2, 0) is 10.0 Å². The molecular weight excluding hydrogens is 294 g/mol.